The SMILES string of the molecule is COc1cc(Nc2cccc(Br)c2C#N)nn1C. The van der Waals surface area contributed by atoms with Gasteiger partial charge in [-0.3, -0.25) is 0 Å². The molecule has 0 unspecified atom stereocenters. The van der Waals surface area contributed by atoms with Gasteiger partial charge in [0.2, 0.25) is 5.88 Å². The Hall–Kier alpha value is -2.00. The lowest BCUT2D eigenvalue weighted by atomic mass is 10.2. The molecule has 0 aliphatic rings. The normalized spacial score (nSPS) is 9.89. The number of anilines is 2. The molecule has 1 aromatic heterocycles. The Labute approximate surface area is 113 Å². The van der Waals surface area contributed by atoms with Gasteiger partial charge in [-0.2, -0.15) is 10.4 Å². The summed E-state index contributed by atoms with van der Waals surface area (Å²) in [5.74, 6) is 1.27. The van der Waals surface area contributed by atoms with Crippen LogP contribution in [-0.4, -0.2) is 16.9 Å². The third-order valence-electron chi connectivity index (χ3n) is 2.43. The zero-order valence-electron chi connectivity index (χ0n) is 9.94. The molecule has 0 amide bonds. The van der Waals surface area contributed by atoms with E-state index in [1.807, 2.05) is 18.2 Å². The fourth-order valence-electron chi connectivity index (χ4n) is 1.58. The molecule has 2 aromatic rings. The van der Waals surface area contributed by atoms with E-state index >= 15 is 0 Å². The van der Waals surface area contributed by atoms with Crippen LogP contribution in [0.1, 0.15) is 5.56 Å². The number of aromatic nitrogens is 2. The summed E-state index contributed by atoms with van der Waals surface area (Å²) in [4.78, 5) is 0. The first-order valence-corrected chi connectivity index (χ1v) is 5.98. The van der Waals surface area contributed by atoms with Crippen LogP contribution in [-0.2, 0) is 7.05 Å². The minimum absolute atomic E-state index is 0.544. The maximum absolute atomic E-state index is 9.11. The first-order valence-electron chi connectivity index (χ1n) is 5.19. The highest BCUT2D eigenvalue weighted by molar-refractivity contribution is 9.10. The van der Waals surface area contributed by atoms with E-state index in [1.165, 1.54) is 0 Å². The van der Waals surface area contributed by atoms with Crippen molar-refractivity contribution in [3.63, 3.8) is 0 Å². The average Bonchev–Trinajstić information content (AvgIpc) is 2.70. The number of nitrogens with zero attached hydrogens (tertiary/aromatic N) is 3. The Kier molecular flexibility index (Phi) is 3.53. The van der Waals surface area contributed by atoms with Gasteiger partial charge in [0.05, 0.1) is 18.4 Å². The number of halogens is 1. The topological polar surface area (TPSA) is 62.9 Å². The highest BCUT2D eigenvalue weighted by atomic mass is 79.9. The number of hydrogen-bond donors (Lipinski definition) is 1. The van der Waals surface area contributed by atoms with Crippen molar-refractivity contribution in [1.82, 2.24) is 9.78 Å². The third kappa shape index (κ3) is 2.31. The molecule has 0 spiro atoms. The zero-order chi connectivity index (χ0) is 13.1. The van der Waals surface area contributed by atoms with Crippen LogP contribution in [0.5, 0.6) is 5.88 Å². The summed E-state index contributed by atoms with van der Waals surface area (Å²) in [7, 11) is 3.37. The summed E-state index contributed by atoms with van der Waals surface area (Å²) in [6.45, 7) is 0. The summed E-state index contributed by atoms with van der Waals surface area (Å²) >= 11 is 3.34. The monoisotopic (exact) mass is 306 g/mol. The number of aryl methyl sites for hydroxylation is 1. The largest absolute Gasteiger partial charge is 0.481 e. The van der Waals surface area contributed by atoms with Crippen LogP contribution < -0.4 is 10.1 Å². The number of methoxy groups -OCH3 is 1. The molecule has 92 valence electrons. The molecule has 0 aliphatic carbocycles. The summed E-state index contributed by atoms with van der Waals surface area (Å²) in [6, 6.07) is 9.41. The van der Waals surface area contributed by atoms with Crippen molar-refractivity contribution < 1.29 is 4.74 Å². The number of rotatable bonds is 3. The van der Waals surface area contributed by atoms with Crippen LogP contribution in [0.3, 0.4) is 0 Å². The van der Waals surface area contributed by atoms with Crippen LogP contribution in [0.2, 0.25) is 0 Å². The van der Waals surface area contributed by atoms with Gasteiger partial charge in [-0.05, 0) is 28.1 Å². The molecule has 0 fully saturated rings. The quantitative estimate of drug-likeness (QED) is 0.947. The summed E-state index contributed by atoms with van der Waals surface area (Å²) in [6.07, 6.45) is 0. The maximum Gasteiger partial charge on any atom is 0.213 e. The molecule has 2 rings (SSSR count). The second-order valence-corrected chi connectivity index (χ2v) is 4.45. The van der Waals surface area contributed by atoms with Gasteiger partial charge in [0.25, 0.3) is 0 Å². The molecule has 6 heteroatoms. The van der Waals surface area contributed by atoms with E-state index in [1.54, 1.807) is 24.9 Å². The number of benzene rings is 1. The standard InChI is InChI=1S/C12H11BrN4O/c1-17-12(18-2)6-11(16-17)15-10-5-3-4-9(13)8(10)7-14/h3-6H,1-2H3,(H,15,16). The second kappa shape index (κ2) is 5.10. The van der Waals surface area contributed by atoms with Gasteiger partial charge in [0.1, 0.15) is 6.07 Å². The van der Waals surface area contributed by atoms with Gasteiger partial charge in [-0.15, -0.1) is 0 Å². The Balaban J connectivity index is 2.34. The molecule has 0 saturated carbocycles. The molecule has 0 atom stereocenters. The fraction of sp³-hybridized carbons (Fsp3) is 0.167. The summed E-state index contributed by atoms with van der Waals surface area (Å²) < 4.78 is 7.50. The highest BCUT2D eigenvalue weighted by Gasteiger charge is 2.09. The molecule has 0 radical (unpaired) electrons. The lowest BCUT2D eigenvalue weighted by Crippen LogP contribution is -1.97. The molecule has 18 heavy (non-hydrogen) atoms. The van der Waals surface area contributed by atoms with Gasteiger partial charge < -0.3 is 10.1 Å². The van der Waals surface area contributed by atoms with Crippen LogP contribution in [0.25, 0.3) is 0 Å². The Morgan fingerprint density at radius 1 is 1.50 bits per heavy atom. The molecule has 1 aromatic carbocycles. The minimum Gasteiger partial charge on any atom is -0.481 e. The van der Waals surface area contributed by atoms with Crippen molar-refractivity contribution in [3.8, 4) is 11.9 Å². The number of ether oxygens (including phenoxy) is 1. The molecule has 5 nitrogen and oxygen atoms in total. The predicted molar refractivity (Wildman–Crippen MR) is 71.9 cm³/mol. The summed E-state index contributed by atoms with van der Waals surface area (Å²) in [5, 5.41) is 16.4. The van der Waals surface area contributed by atoms with E-state index in [4.69, 9.17) is 10.00 Å². The van der Waals surface area contributed by atoms with Gasteiger partial charge in [0, 0.05) is 17.6 Å². The predicted octanol–water partition coefficient (Wildman–Crippen LogP) is 2.81. The molecular weight excluding hydrogens is 296 g/mol. The minimum atomic E-state index is 0.544. The highest BCUT2D eigenvalue weighted by Crippen LogP contribution is 2.27. The number of hydrogen-bond acceptors (Lipinski definition) is 4. The fourth-order valence-corrected chi connectivity index (χ4v) is 2.04. The van der Waals surface area contributed by atoms with Gasteiger partial charge in [-0.25, -0.2) is 4.68 Å². The van der Waals surface area contributed by atoms with Crippen LogP contribution >= 0.6 is 15.9 Å². The zero-order valence-corrected chi connectivity index (χ0v) is 11.5. The molecule has 0 saturated heterocycles. The van der Waals surface area contributed by atoms with Crippen LogP contribution in [0.4, 0.5) is 11.5 Å². The maximum atomic E-state index is 9.11. The van der Waals surface area contributed by atoms with Gasteiger partial charge in [-0.1, -0.05) is 6.07 Å². The van der Waals surface area contributed by atoms with E-state index in [2.05, 4.69) is 32.4 Å². The summed E-state index contributed by atoms with van der Waals surface area (Å²) in [5.41, 5.74) is 1.25. The number of nitriles is 1. The van der Waals surface area contributed by atoms with Crippen LogP contribution in [0, 0.1) is 11.3 Å². The van der Waals surface area contributed by atoms with Gasteiger partial charge in [0.15, 0.2) is 5.82 Å². The molecule has 0 aliphatic heterocycles. The smallest absolute Gasteiger partial charge is 0.213 e. The third-order valence-corrected chi connectivity index (χ3v) is 3.09. The first kappa shape index (κ1) is 12.5. The lowest BCUT2D eigenvalue weighted by Gasteiger charge is -2.05. The van der Waals surface area contributed by atoms with Crippen molar-refractivity contribution in [2.45, 2.75) is 0 Å². The van der Waals surface area contributed by atoms with Crippen LogP contribution in [0.15, 0.2) is 28.7 Å². The van der Waals surface area contributed by atoms with Crippen molar-refractivity contribution >= 4 is 27.4 Å². The Bertz CT molecular complexity index is 615. The van der Waals surface area contributed by atoms with Gasteiger partial charge >= 0.3 is 0 Å². The molecule has 0 bridgehead atoms. The average molecular weight is 307 g/mol. The first-order chi connectivity index (χ1) is 8.65. The molecule has 1 N–H and O–H groups in total. The van der Waals surface area contributed by atoms with Crippen molar-refractivity contribution in [2.24, 2.45) is 7.05 Å². The van der Waals surface area contributed by atoms with E-state index < -0.39 is 0 Å². The Morgan fingerprint density at radius 2 is 2.28 bits per heavy atom. The Morgan fingerprint density at radius 3 is 2.89 bits per heavy atom. The van der Waals surface area contributed by atoms with Crippen molar-refractivity contribution in [1.29, 1.82) is 5.26 Å². The van der Waals surface area contributed by atoms with E-state index in [0.29, 0.717) is 22.9 Å². The van der Waals surface area contributed by atoms with E-state index in [-0.39, 0.29) is 0 Å². The number of nitrogens with one attached hydrogen (secondary N) is 1. The molecule has 1 heterocycles. The van der Waals surface area contributed by atoms with E-state index in [9.17, 15) is 0 Å². The van der Waals surface area contributed by atoms with Crippen molar-refractivity contribution in [3.05, 3.63) is 34.3 Å². The molecular formula is C12H11BrN4O. The van der Waals surface area contributed by atoms with E-state index in [0.717, 1.165) is 4.47 Å². The van der Waals surface area contributed by atoms with Crippen molar-refractivity contribution in [2.75, 3.05) is 12.4 Å². The second-order valence-electron chi connectivity index (χ2n) is 3.59. The lowest BCUT2D eigenvalue weighted by molar-refractivity contribution is 0.373.